The summed E-state index contributed by atoms with van der Waals surface area (Å²) in [6.45, 7) is 2.38. The minimum Gasteiger partial charge on any atom is -0.495 e. The average molecular weight is 391 g/mol. The van der Waals surface area contributed by atoms with Gasteiger partial charge >= 0.3 is 5.97 Å². The van der Waals surface area contributed by atoms with Crippen LogP contribution in [0.2, 0.25) is 5.02 Å². The Morgan fingerprint density at radius 1 is 1.44 bits per heavy atom. The van der Waals surface area contributed by atoms with Crippen LogP contribution in [0.25, 0.3) is 17.0 Å². The summed E-state index contributed by atoms with van der Waals surface area (Å²) < 4.78 is 10.3. The number of benzene rings is 1. The van der Waals surface area contributed by atoms with E-state index in [0.717, 1.165) is 22.6 Å². The molecular formula is C19H19ClN2O5. The fourth-order valence-electron chi connectivity index (χ4n) is 3.44. The number of nitrogens with zero attached hydrogens (tertiary/aromatic N) is 2. The number of ether oxygens (including phenoxy) is 2. The minimum absolute atomic E-state index is 0.00540. The highest BCUT2D eigenvalue weighted by molar-refractivity contribution is 6.35. The van der Waals surface area contributed by atoms with Gasteiger partial charge in [-0.1, -0.05) is 11.6 Å². The zero-order valence-electron chi connectivity index (χ0n) is 15.2. The van der Waals surface area contributed by atoms with Crippen molar-refractivity contribution in [3.8, 4) is 5.75 Å². The minimum atomic E-state index is -1.09. The molecule has 0 bridgehead atoms. The standard InChI is InChI=1S/C19H19ClN2O5/c1-10-17-11(8-22(10)15(23)9-26-2)7-21-19-12(4-5-16(24)25)18(20)14(27-3)6-13(17)19/h4-7,10H,8-9H2,1-3H3,(H,24,25)/b5-4+/t10-/m0/s1. The van der Waals surface area contributed by atoms with Gasteiger partial charge in [-0.05, 0) is 30.2 Å². The van der Waals surface area contributed by atoms with E-state index in [1.807, 2.05) is 6.92 Å². The molecule has 2 heterocycles. The van der Waals surface area contributed by atoms with Crippen molar-refractivity contribution >= 4 is 40.5 Å². The van der Waals surface area contributed by atoms with Crippen LogP contribution < -0.4 is 4.74 Å². The number of aromatic nitrogens is 1. The number of carboxylic acids is 1. The number of methoxy groups -OCH3 is 2. The number of rotatable bonds is 5. The molecule has 0 saturated carbocycles. The van der Waals surface area contributed by atoms with E-state index in [1.165, 1.54) is 20.3 Å². The van der Waals surface area contributed by atoms with Gasteiger partial charge < -0.3 is 19.5 Å². The lowest BCUT2D eigenvalue weighted by Gasteiger charge is -2.22. The molecular weight excluding hydrogens is 372 g/mol. The third kappa shape index (κ3) is 3.36. The van der Waals surface area contributed by atoms with Crippen LogP contribution in [-0.2, 0) is 20.9 Å². The Hall–Kier alpha value is -2.64. The number of carbonyl (C=O) groups is 2. The fraction of sp³-hybridized carbons (Fsp3) is 0.316. The summed E-state index contributed by atoms with van der Waals surface area (Å²) in [4.78, 5) is 29.5. The normalized spacial score (nSPS) is 16.1. The maximum atomic E-state index is 12.3. The van der Waals surface area contributed by atoms with Crippen LogP contribution in [0.15, 0.2) is 18.3 Å². The summed E-state index contributed by atoms with van der Waals surface area (Å²) in [6, 6.07) is 1.60. The van der Waals surface area contributed by atoms with Crippen LogP contribution in [-0.4, -0.2) is 47.7 Å². The molecule has 0 aliphatic carbocycles. The van der Waals surface area contributed by atoms with Crippen molar-refractivity contribution in [2.45, 2.75) is 19.5 Å². The maximum Gasteiger partial charge on any atom is 0.328 e. The lowest BCUT2D eigenvalue weighted by molar-refractivity contribution is -0.137. The van der Waals surface area contributed by atoms with Gasteiger partial charge in [0.2, 0.25) is 5.91 Å². The molecule has 1 N–H and O–H groups in total. The number of hydrogen-bond donors (Lipinski definition) is 1. The molecule has 1 aliphatic rings. The molecule has 1 aromatic heterocycles. The first-order valence-corrected chi connectivity index (χ1v) is 8.64. The number of pyridine rings is 1. The highest BCUT2D eigenvalue weighted by Gasteiger charge is 2.33. The van der Waals surface area contributed by atoms with Crippen molar-refractivity contribution in [1.29, 1.82) is 0 Å². The second-order valence-electron chi connectivity index (χ2n) is 6.20. The van der Waals surface area contributed by atoms with Gasteiger partial charge in [-0.15, -0.1) is 0 Å². The molecule has 0 radical (unpaired) electrons. The Kier molecular flexibility index (Phi) is 5.34. The number of halogens is 1. The summed E-state index contributed by atoms with van der Waals surface area (Å²) in [5.74, 6) is -0.785. The van der Waals surface area contributed by atoms with Crippen molar-refractivity contribution in [3.63, 3.8) is 0 Å². The summed E-state index contributed by atoms with van der Waals surface area (Å²) in [6.07, 6.45) is 4.12. The second kappa shape index (κ2) is 7.54. The highest BCUT2D eigenvalue weighted by Crippen LogP contribution is 2.42. The first kappa shape index (κ1) is 19.1. The van der Waals surface area contributed by atoms with E-state index in [9.17, 15) is 9.59 Å². The maximum absolute atomic E-state index is 12.3. The SMILES string of the molecule is COCC(=O)N1Cc2cnc3c(/C=C/C(=O)O)c(Cl)c(OC)cc3c2[C@@H]1C. The fourth-order valence-corrected chi connectivity index (χ4v) is 3.72. The molecule has 7 nitrogen and oxygen atoms in total. The summed E-state index contributed by atoms with van der Waals surface area (Å²) in [5.41, 5.74) is 2.90. The topological polar surface area (TPSA) is 89.0 Å². The second-order valence-corrected chi connectivity index (χ2v) is 6.58. The van der Waals surface area contributed by atoms with E-state index in [2.05, 4.69) is 4.98 Å². The number of hydrogen-bond acceptors (Lipinski definition) is 5. The monoisotopic (exact) mass is 390 g/mol. The lowest BCUT2D eigenvalue weighted by atomic mass is 9.98. The first-order chi connectivity index (χ1) is 12.9. The zero-order chi connectivity index (χ0) is 19.7. The number of carboxylic acid groups (broad SMARTS) is 1. The van der Waals surface area contributed by atoms with Crippen molar-refractivity contribution < 1.29 is 24.2 Å². The molecule has 27 heavy (non-hydrogen) atoms. The van der Waals surface area contributed by atoms with Crippen LogP contribution in [0.4, 0.5) is 0 Å². The van der Waals surface area contributed by atoms with Crippen LogP contribution in [0.3, 0.4) is 0 Å². The van der Waals surface area contributed by atoms with E-state index in [4.69, 9.17) is 26.2 Å². The Morgan fingerprint density at radius 3 is 2.81 bits per heavy atom. The highest BCUT2D eigenvalue weighted by atomic mass is 35.5. The Balaban J connectivity index is 2.21. The molecule has 2 aromatic rings. The molecule has 8 heteroatoms. The molecule has 142 valence electrons. The first-order valence-electron chi connectivity index (χ1n) is 8.26. The Labute approximate surface area is 161 Å². The van der Waals surface area contributed by atoms with Crippen LogP contribution in [0, 0.1) is 0 Å². The van der Waals surface area contributed by atoms with Gasteiger partial charge in [0, 0.05) is 36.9 Å². The Bertz CT molecular complexity index is 957. The number of aliphatic carboxylic acids is 1. The van der Waals surface area contributed by atoms with Gasteiger partial charge in [0.1, 0.15) is 12.4 Å². The van der Waals surface area contributed by atoms with Gasteiger partial charge in [0.25, 0.3) is 0 Å². The molecule has 1 amide bonds. The molecule has 1 aromatic carbocycles. The summed E-state index contributed by atoms with van der Waals surface area (Å²) in [5, 5.41) is 10.0. The van der Waals surface area contributed by atoms with Crippen LogP contribution >= 0.6 is 11.6 Å². The van der Waals surface area contributed by atoms with Crippen molar-refractivity contribution in [2.75, 3.05) is 20.8 Å². The lowest BCUT2D eigenvalue weighted by Crippen LogP contribution is -2.31. The quantitative estimate of drug-likeness (QED) is 0.789. The number of amides is 1. The molecule has 1 atom stereocenters. The summed E-state index contributed by atoms with van der Waals surface area (Å²) in [7, 11) is 2.98. The number of carbonyl (C=O) groups excluding carboxylic acids is 1. The third-order valence-electron chi connectivity index (χ3n) is 4.65. The van der Waals surface area contributed by atoms with Crippen LogP contribution in [0.5, 0.6) is 5.75 Å². The molecule has 0 saturated heterocycles. The van der Waals surface area contributed by atoms with E-state index < -0.39 is 5.97 Å². The predicted octanol–water partition coefficient (Wildman–Crippen LogP) is 3.04. The van der Waals surface area contributed by atoms with E-state index >= 15 is 0 Å². The molecule has 1 aliphatic heterocycles. The average Bonchev–Trinajstić information content (AvgIpc) is 2.97. The zero-order valence-corrected chi connectivity index (χ0v) is 15.9. The van der Waals surface area contributed by atoms with Crippen molar-refractivity contribution in [2.24, 2.45) is 0 Å². The van der Waals surface area contributed by atoms with Gasteiger partial charge in [-0.25, -0.2) is 4.79 Å². The van der Waals surface area contributed by atoms with Gasteiger partial charge in [0.15, 0.2) is 0 Å². The molecule has 3 rings (SSSR count). The largest absolute Gasteiger partial charge is 0.495 e. The van der Waals surface area contributed by atoms with Gasteiger partial charge in [-0.2, -0.15) is 0 Å². The number of fused-ring (bicyclic) bond motifs is 3. The molecule has 0 fully saturated rings. The van der Waals surface area contributed by atoms with E-state index in [0.29, 0.717) is 23.4 Å². The van der Waals surface area contributed by atoms with Crippen LogP contribution in [0.1, 0.15) is 29.7 Å². The van der Waals surface area contributed by atoms with E-state index in [1.54, 1.807) is 17.2 Å². The predicted molar refractivity (Wildman–Crippen MR) is 101 cm³/mol. The Morgan fingerprint density at radius 2 is 2.19 bits per heavy atom. The summed E-state index contributed by atoms with van der Waals surface area (Å²) >= 11 is 6.39. The van der Waals surface area contributed by atoms with Crippen molar-refractivity contribution in [3.05, 3.63) is 40.1 Å². The molecule has 0 spiro atoms. The van der Waals surface area contributed by atoms with Gasteiger partial charge in [0.05, 0.1) is 23.7 Å². The third-order valence-corrected chi connectivity index (χ3v) is 5.04. The smallest absolute Gasteiger partial charge is 0.328 e. The van der Waals surface area contributed by atoms with Crippen molar-refractivity contribution in [1.82, 2.24) is 9.88 Å². The van der Waals surface area contributed by atoms with E-state index in [-0.39, 0.29) is 23.6 Å². The van der Waals surface area contributed by atoms with Gasteiger partial charge in [-0.3, -0.25) is 9.78 Å². The molecule has 0 unspecified atom stereocenters.